The molecule has 0 aliphatic heterocycles. The Bertz CT molecular complexity index is 404. The smallest absolute Gasteiger partial charge is 0.154 e. The van der Waals surface area contributed by atoms with Crippen molar-refractivity contribution in [1.82, 2.24) is 0 Å². The third-order valence-electron chi connectivity index (χ3n) is 2.25. The molecule has 0 saturated carbocycles. The fourth-order valence-electron chi connectivity index (χ4n) is 1.23. The van der Waals surface area contributed by atoms with Crippen LogP contribution in [0.5, 0.6) is 0 Å². The highest BCUT2D eigenvalue weighted by molar-refractivity contribution is 8.13. The molecule has 0 spiro atoms. The Morgan fingerprint density at radius 3 is 2.71 bits per heavy atom. The summed E-state index contributed by atoms with van der Waals surface area (Å²) in [6.45, 7) is 2.94. The van der Waals surface area contributed by atoms with E-state index >= 15 is 0 Å². The molecule has 0 atom stereocenters. The lowest BCUT2D eigenvalue weighted by Gasteiger charge is -2.01. The number of benzene rings is 1. The van der Waals surface area contributed by atoms with Crippen molar-refractivity contribution in [3.8, 4) is 6.07 Å². The second kappa shape index (κ2) is 7.75. The summed E-state index contributed by atoms with van der Waals surface area (Å²) in [5.41, 5.74) is 7.62. The van der Waals surface area contributed by atoms with Gasteiger partial charge < -0.3 is 5.73 Å². The maximum Gasteiger partial charge on any atom is 0.154 e. The topological polar surface area (TPSA) is 62.2 Å². The number of amidine groups is 1. The van der Waals surface area contributed by atoms with Gasteiger partial charge in [-0.2, -0.15) is 5.26 Å². The van der Waals surface area contributed by atoms with Gasteiger partial charge in [0.1, 0.15) is 0 Å². The molecular weight excluding hydrogens is 230 g/mol. The summed E-state index contributed by atoms with van der Waals surface area (Å²) < 4.78 is 0. The Kier molecular flexibility index (Phi) is 6.19. The maximum absolute atomic E-state index is 8.67. The number of unbranched alkanes of at least 4 members (excludes halogenated alkanes) is 1. The molecule has 0 bridgehead atoms. The first-order valence-electron chi connectivity index (χ1n) is 5.68. The van der Waals surface area contributed by atoms with Crippen molar-refractivity contribution >= 4 is 16.9 Å². The minimum absolute atomic E-state index is 0.641. The number of hydrogen-bond acceptors (Lipinski definition) is 3. The molecule has 90 valence electrons. The average molecular weight is 247 g/mol. The van der Waals surface area contributed by atoms with Crippen molar-refractivity contribution in [2.75, 3.05) is 6.54 Å². The highest BCUT2D eigenvalue weighted by Crippen LogP contribution is 2.13. The van der Waals surface area contributed by atoms with Gasteiger partial charge in [-0.3, -0.25) is 4.99 Å². The summed E-state index contributed by atoms with van der Waals surface area (Å²) in [5.74, 6) is 0.799. The van der Waals surface area contributed by atoms with Crippen LogP contribution >= 0.6 is 11.8 Å². The van der Waals surface area contributed by atoms with Gasteiger partial charge in [-0.25, -0.2) is 0 Å². The van der Waals surface area contributed by atoms with Gasteiger partial charge in [-0.1, -0.05) is 37.2 Å². The Hall–Kier alpha value is -1.47. The first-order valence-corrected chi connectivity index (χ1v) is 6.66. The molecular formula is C13H17N3S. The van der Waals surface area contributed by atoms with Crippen molar-refractivity contribution in [2.24, 2.45) is 10.7 Å². The molecule has 0 aliphatic carbocycles. The predicted molar refractivity (Wildman–Crippen MR) is 73.8 cm³/mol. The molecule has 0 saturated heterocycles. The highest BCUT2D eigenvalue weighted by Gasteiger charge is 1.97. The van der Waals surface area contributed by atoms with Crippen molar-refractivity contribution in [3.63, 3.8) is 0 Å². The molecule has 0 aromatic heterocycles. The van der Waals surface area contributed by atoms with Crippen LogP contribution in [0, 0.1) is 11.3 Å². The molecule has 4 heteroatoms. The van der Waals surface area contributed by atoms with Crippen LogP contribution < -0.4 is 5.73 Å². The molecule has 17 heavy (non-hydrogen) atoms. The zero-order valence-corrected chi connectivity index (χ0v) is 10.8. The summed E-state index contributed by atoms with van der Waals surface area (Å²) in [7, 11) is 0. The second-order valence-electron chi connectivity index (χ2n) is 3.67. The molecule has 2 N–H and O–H groups in total. The van der Waals surface area contributed by atoms with E-state index in [4.69, 9.17) is 11.0 Å². The van der Waals surface area contributed by atoms with Crippen LogP contribution in [0.25, 0.3) is 0 Å². The van der Waals surface area contributed by atoms with E-state index in [0.29, 0.717) is 10.7 Å². The Labute approximate surface area is 107 Å². The minimum Gasteiger partial charge on any atom is -0.379 e. The van der Waals surface area contributed by atoms with E-state index in [2.05, 4.69) is 18.0 Å². The summed E-state index contributed by atoms with van der Waals surface area (Å²) in [5, 5.41) is 9.31. The fraction of sp³-hybridized carbons (Fsp3) is 0.385. The zero-order chi connectivity index (χ0) is 12.5. The van der Waals surface area contributed by atoms with Gasteiger partial charge in [0.05, 0.1) is 11.6 Å². The summed E-state index contributed by atoms with van der Waals surface area (Å²) in [6, 6.07) is 9.64. The number of hydrogen-bond donors (Lipinski definition) is 1. The van der Waals surface area contributed by atoms with E-state index in [0.717, 1.165) is 30.7 Å². The number of aliphatic imine (C=N–C) groups is 1. The molecule has 0 heterocycles. The van der Waals surface area contributed by atoms with Gasteiger partial charge >= 0.3 is 0 Å². The third-order valence-corrected chi connectivity index (χ3v) is 3.15. The van der Waals surface area contributed by atoms with E-state index in [1.807, 2.05) is 24.3 Å². The normalized spacial score (nSPS) is 11.2. The van der Waals surface area contributed by atoms with E-state index in [1.165, 1.54) is 11.8 Å². The van der Waals surface area contributed by atoms with Gasteiger partial charge in [0, 0.05) is 12.3 Å². The minimum atomic E-state index is 0.641. The van der Waals surface area contributed by atoms with Crippen molar-refractivity contribution in [1.29, 1.82) is 5.26 Å². The van der Waals surface area contributed by atoms with Gasteiger partial charge in [0.2, 0.25) is 0 Å². The fourth-order valence-corrected chi connectivity index (χ4v) is 1.92. The van der Waals surface area contributed by atoms with E-state index < -0.39 is 0 Å². The molecule has 1 aromatic carbocycles. The van der Waals surface area contributed by atoms with Gasteiger partial charge in [-0.15, -0.1) is 0 Å². The van der Waals surface area contributed by atoms with Crippen LogP contribution in [-0.4, -0.2) is 11.7 Å². The van der Waals surface area contributed by atoms with Crippen molar-refractivity contribution in [2.45, 2.75) is 25.5 Å². The first kappa shape index (κ1) is 13.6. The number of rotatable bonds is 5. The molecule has 1 rings (SSSR count). The van der Waals surface area contributed by atoms with Crippen LogP contribution in [0.4, 0.5) is 0 Å². The lowest BCUT2D eigenvalue weighted by Crippen LogP contribution is -2.07. The zero-order valence-electron chi connectivity index (χ0n) is 10.0. The van der Waals surface area contributed by atoms with E-state index in [-0.39, 0.29) is 0 Å². The van der Waals surface area contributed by atoms with Crippen molar-refractivity contribution < 1.29 is 0 Å². The quantitative estimate of drug-likeness (QED) is 0.494. The van der Waals surface area contributed by atoms with Gasteiger partial charge in [0.15, 0.2) is 5.17 Å². The predicted octanol–water partition coefficient (Wildman–Crippen LogP) is 2.91. The standard InChI is InChI=1S/C13H17N3S/c1-2-3-8-16-13(15)17-10-12-6-4-11(9-14)5-7-12/h4-7H,2-3,8,10H2,1H3,(H2,15,16). The van der Waals surface area contributed by atoms with Crippen LogP contribution in [-0.2, 0) is 5.75 Å². The maximum atomic E-state index is 8.67. The van der Waals surface area contributed by atoms with Crippen molar-refractivity contribution in [3.05, 3.63) is 35.4 Å². The van der Waals surface area contributed by atoms with Gasteiger partial charge in [-0.05, 0) is 24.1 Å². The molecule has 0 radical (unpaired) electrons. The molecule has 3 nitrogen and oxygen atoms in total. The van der Waals surface area contributed by atoms with Crippen LogP contribution in [0.15, 0.2) is 29.3 Å². The monoisotopic (exact) mass is 247 g/mol. The Morgan fingerprint density at radius 1 is 1.41 bits per heavy atom. The second-order valence-corrected chi connectivity index (χ2v) is 4.67. The summed E-state index contributed by atoms with van der Waals surface area (Å²) in [6.07, 6.45) is 2.22. The summed E-state index contributed by atoms with van der Waals surface area (Å²) in [4.78, 5) is 4.27. The largest absolute Gasteiger partial charge is 0.379 e. The average Bonchev–Trinajstić information content (AvgIpc) is 2.37. The Balaban J connectivity index is 2.39. The van der Waals surface area contributed by atoms with Gasteiger partial charge in [0.25, 0.3) is 0 Å². The van der Waals surface area contributed by atoms with E-state index in [9.17, 15) is 0 Å². The highest BCUT2D eigenvalue weighted by atomic mass is 32.2. The first-order chi connectivity index (χ1) is 8.26. The molecule has 0 unspecified atom stereocenters. The third kappa shape index (κ3) is 5.41. The molecule has 0 amide bonds. The lowest BCUT2D eigenvalue weighted by molar-refractivity contribution is 0.809. The number of nitriles is 1. The SMILES string of the molecule is CCCCN=C(N)SCc1ccc(C#N)cc1. The number of thioether (sulfide) groups is 1. The Morgan fingerprint density at radius 2 is 2.12 bits per heavy atom. The summed E-state index contributed by atoms with van der Waals surface area (Å²) >= 11 is 1.54. The number of nitrogens with zero attached hydrogens (tertiary/aromatic N) is 2. The van der Waals surface area contributed by atoms with E-state index in [1.54, 1.807) is 0 Å². The number of nitrogens with two attached hydrogens (primary N) is 1. The molecule has 0 aliphatic rings. The molecule has 1 aromatic rings. The van der Waals surface area contributed by atoms with Crippen LogP contribution in [0.2, 0.25) is 0 Å². The van der Waals surface area contributed by atoms with Crippen LogP contribution in [0.3, 0.4) is 0 Å². The lowest BCUT2D eigenvalue weighted by atomic mass is 10.2. The molecule has 0 fully saturated rings. The van der Waals surface area contributed by atoms with Crippen LogP contribution in [0.1, 0.15) is 30.9 Å².